The molecule has 0 bridgehead atoms. The summed E-state index contributed by atoms with van der Waals surface area (Å²) in [6, 6.07) is 1.87. The Morgan fingerprint density at radius 1 is 0.846 bits per heavy atom. The van der Waals surface area contributed by atoms with Crippen molar-refractivity contribution < 1.29 is 0 Å². The van der Waals surface area contributed by atoms with Crippen LogP contribution in [0.3, 0.4) is 0 Å². The van der Waals surface area contributed by atoms with Crippen LogP contribution in [0.15, 0.2) is 29.3 Å². The molecule has 0 unspecified atom stereocenters. The summed E-state index contributed by atoms with van der Waals surface area (Å²) >= 11 is 3.39. The number of nitrogens with zero attached hydrogens (tertiary/aromatic N) is 6. The van der Waals surface area contributed by atoms with Crippen molar-refractivity contribution in [1.82, 2.24) is 19.9 Å². The van der Waals surface area contributed by atoms with Gasteiger partial charge in [-0.15, -0.1) is 0 Å². The zero-order valence-electron chi connectivity index (χ0n) is 14.8. The fourth-order valence-electron chi connectivity index (χ4n) is 4.17. The molecule has 2 aliphatic rings. The van der Waals surface area contributed by atoms with Gasteiger partial charge in [-0.3, -0.25) is 0 Å². The van der Waals surface area contributed by atoms with Crippen LogP contribution >= 0.6 is 15.9 Å². The largest absolute Gasteiger partial charge is 0.384 e. The number of hydrogen-bond acceptors (Lipinski definition) is 7. The molecule has 0 radical (unpaired) electrons. The van der Waals surface area contributed by atoms with E-state index in [2.05, 4.69) is 45.7 Å². The van der Waals surface area contributed by atoms with Crippen molar-refractivity contribution in [2.24, 2.45) is 11.8 Å². The van der Waals surface area contributed by atoms with Crippen molar-refractivity contribution >= 4 is 33.5 Å². The summed E-state index contributed by atoms with van der Waals surface area (Å²) in [5, 5.41) is 0. The predicted molar refractivity (Wildman–Crippen MR) is 106 cm³/mol. The number of halogens is 1. The van der Waals surface area contributed by atoms with E-state index in [1.54, 1.807) is 6.33 Å². The smallest absolute Gasteiger partial charge is 0.225 e. The second-order valence-electron chi connectivity index (χ2n) is 7.15. The molecule has 0 saturated carbocycles. The van der Waals surface area contributed by atoms with Crippen molar-refractivity contribution in [3.8, 4) is 0 Å². The van der Waals surface area contributed by atoms with Gasteiger partial charge in [0.05, 0.1) is 4.47 Å². The Morgan fingerprint density at radius 2 is 1.42 bits per heavy atom. The Bertz CT molecular complexity index is 723. The second-order valence-corrected chi connectivity index (χ2v) is 8.07. The lowest BCUT2D eigenvalue weighted by Crippen LogP contribution is -2.41. The minimum Gasteiger partial charge on any atom is -0.384 e. The van der Waals surface area contributed by atoms with Gasteiger partial charge < -0.3 is 15.5 Å². The Hall–Kier alpha value is -1.96. The molecule has 2 aromatic heterocycles. The first-order valence-corrected chi connectivity index (χ1v) is 10.0. The second kappa shape index (κ2) is 7.73. The highest BCUT2D eigenvalue weighted by Gasteiger charge is 2.30. The third-order valence-electron chi connectivity index (χ3n) is 5.63. The lowest BCUT2D eigenvalue weighted by atomic mass is 9.79. The number of nitrogens with two attached hydrogens (primary N) is 1. The van der Waals surface area contributed by atoms with Gasteiger partial charge in [-0.05, 0) is 53.4 Å². The maximum absolute atomic E-state index is 5.78. The highest BCUT2D eigenvalue weighted by atomic mass is 79.9. The topological polar surface area (TPSA) is 84.1 Å². The molecule has 0 aliphatic carbocycles. The zero-order chi connectivity index (χ0) is 17.9. The third kappa shape index (κ3) is 3.90. The van der Waals surface area contributed by atoms with Gasteiger partial charge in [0.1, 0.15) is 18.0 Å². The van der Waals surface area contributed by atoms with Gasteiger partial charge in [-0.1, -0.05) is 0 Å². The molecule has 0 spiro atoms. The molecule has 0 amide bonds. The molecule has 2 fully saturated rings. The quantitative estimate of drug-likeness (QED) is 0.821. The van der Waals surface area contributed by atoms with Crippen LogP contribution in [0, 0.1) is 11.8 Å². The average Bonchev–Trinajstić information content (AvgIpc) is 2.69. The van der Waals surface area contributed by atoms with Gasteiger partial charge in [0, 0.05) is 44.6 Å². The number of anilines is 3. The van der Waals surface area contributed by atoms with E-state index >= 15 is 0 Å². The number of nitrogen functional groups attached to an aromatic ring is 1. The third-order valence-corrected chi connectivity index (χ3v) is 6.04. The molecule has 8 heteroatoms. The first kappa shape index (κ1) is 17.5. The number of rotatable bonds is 3. The SMILES string of the molecule is Nc1cc(N2CCC(C3CCN(c4ncc(Br)cn4)CC3)CC2)ncn1. The Balaban J connectivity index is 1.29. The first-order chi connectivity index (χ1) is 12.7. The lowest BCUT2D eigenvalue weighted by molar-refractivity contribution is 0.232. The van der Waals surface area contributed by atoms with Crippen molar-refractivity contribution in [2.45, 2.75) is 25.7 Å². The zero-order valence-corrected chi connectivity index (χ0v) is 16.3. The van der Waals surface area contributed by atoms with Gasteiger partial charge >= 0.3 is 0 Å². The van der Waals surface area contributed by atoms with E-state index in [0.29, 0.717) is 5.82 Å². The summed E-state index contributed by atoms with van der Waals surface area (Å²) in [7, 11) is 0. The van der Waals surface area contributed by atoms with Crippen LogP contribution < -0.4 is 15.5 Å². The molecule has 26 heavy (non-hydrogen) atoms. The minimum atomic E-state index is 0.541. The van der Waals surface area contributed by atoms with Crippen molar-refractivity contribution in [3.63, 3.8) is 0 Å². The van der Waals surface area contributed by atoms with Crippen LogP contribution in [0.25, 0.3) is 0 Å². The maximum atomic E-state index is 5.78. The lowest BCUT2D eigenvalue weighted by Gasteiger charge is -2.40. The van der Waals surface area contributed by atoms with Crippen molar-refractivity contribution in [1.29, 1.82) is 0 Å². The molecule has 138 valence electrons. The molecular formula is C18H24BrN7. The summed E-state index contributed by atoms with van der Waals surface area (Å²) in [5.41, 5.74) is 5.78. The fraction of sp³-hybridized carbons (Fsp3) is 0.556. The molecule has 0 aromatic carbocycles. The van der Waals surface area contributed by atoms with Crippen molar-refractivity contribution in [2.75, 3.05) is 41.7 Å². The van der Waals surface area contributed by atoms with Gasteiger partial charge in [0.25, 0.3) is 0 Å². The van der Waals surface area contributed by atoms with Crippen LogP contribution in [0.2, 0.25) is 0 Å². The maximum Gasteiger partial charge on any atom is 0.225 e. The fourth-order valence-corrected chi connectivity index (χ4v) is 4.38. The molecule has 4 rings (SSSR count). The molecule has 2 N–H and O–H groups in total. The average molecular weight is 418 g/mol. The first-order valence-electron chi connectivity index (χ1n) is 9.24. The summed E-state index contributed by atoms with van der Waals surface area (Å²) in [6.07, 6.45) is 10.1. The highest BCUT2D eigenvalue weighted by Crippen LogP contribution is 2.34. The number of hydrogen-bond donors (Lipinski definition) is 1. The van der Waals surface area contributed by atoms with E-state index in [0.717, 1.165) is 54.3 Å². The Kier molecular flexibility index (Phi) is 5.19. The van der Waals surface area contributed by atoms with E-state index in [4.69, 9.17) is 5.73 Å². The molecule has 2 saturated heterocycles. The van der Waals surface area contributed by atoms with E-state index < -0.39 is 0 Å². The molecular weight excluding hydrogens is 394 g/mol. The Labute approximate surface area is 162 Å². The van der Waals surface area contributed by atoms with Crippen LogP contribution in [-0.4, -0.2) is 46.1 Å². The van der Waals surface area contributed by atoms with Crippen LogP contribution in [0.4, 0.5) is 17.6 Å². The van der Waals surface area contributed by atoms with Gasteiger partial charge in [0.2, 0.25) is 5.95 Å². The summed E-state index contributed by atoms with van der Waals surface area (Å²) < 4.78 is 0.924. The van der Waals surface area contributed by atoms with E-state index in [1.165, 1.54) is 25.7 Å². The predicted octanol–water partition coefficient (Wildman–Crippen LogP) is 2.74. The van der Waals surface area contributed by atoms with E-state index in [9.17, 15) is 0 Å². The van der Waals surface area contributed by atoms with Gasteiger partial charge in [0.15, 0.2) is 0 Å². The normalized spacial score (nSPS) is 19.7. The Morgan fingerprint density at radius 3 is 2.00 bits per heavy atom. The monoisotopic (exact) mass is 417 g/mol. The molecule has 7 nitrogen and oxygen atoms in total. The molecule has 0 atom stereocenters. The van der Waals surface area contributed by atoms with E-state index in [-0.39, 0.29) is 0 Å². The highest BCUT2D eigenvalue weighted by molar-refractivity contribution is 9.10. The van der Waals surface area contributed by atoms with Crippen LogP contribution in [-0.2, 0) is 0 Å². The summed E-state index contributed by atoms with van der Waals surface area (Å²) in [4.78, 5) is 21.8. The van der Waals surface area contributed by atoms with Gasteiger partial charge in [-0.2, -0.15) is 0 Å². The summed E-state index contributed by atoms with van der Waals surface area (Å²) in [5.74, 6) is 3.96. The van der Waals surface area contributed by atoms with Crippen LogP contribution in [0.5, 0.6) is 0 Å². The molecule has 2 aromatic rings. The van der Waals surface area contributed by atoms with E-state index in [1.807, 2.05) is 18.5 Å². The standard InChI is InChI=1S/C18H24BrN7/c19-15-10-21-18(22-11-15)26-7-3-14(4-8-26)13-1-5-25(6-2-13)17-9-16(20)23-12-24-17/h9-14H,1-8H2,(H2,20,23,24). The number of aromatic nitrogens is 4. The number of piperidine rings is 2. The van der Waals surface area contributed by atoms with Crippen molar-refractivity contribution in [3.05, 3.63) is 29.3 Å². The summed E-state index contributed by atoms with van der Waals surface area (Å²) in [6.45, 7) is 4.21. The van der Waals surface area contributed by atoms with Gasteiger partial charge in [-0.25, -0.2) is 19.9 Å². The molecule has 2 aliphatic heterocycles. The minimum absolute atomic E-state index is 0.541. The molecule has 4 heterocycles. The van der Waals surface area contributed by atoms with Crippen LogP contribution in [0.1, 0.15) is 25.7 Å².